The van der Waals surface area contributed by atoms with Crippen molar-refractivity contribution in [2.24, 2.45) is 0 Å². The van der Waals surface area contributed by atoms with Crippen molar-refractivity contribution >= 4 is 23.2 Å². The highest BCUT2D eigenvalue weighted by Gasteiger charge is 2.25. The molecule has 2 aromatic carbocycles. The Balaban J connectivity index is 1.81. The monoisotopic (exact) mass is 396 g/mol. The third-order valence-electron chi connectivity index (χ3n) is 4.07. The van der Waals surface area contributed by atoms with E-state index in [0.717, 1.165) is 18.0 Å². The second-order valence-corrected chi connectivity index (χ2v) is 6.01. The van der Waals surface area contributed by atoms with Gasteiger partial charge in [0.2, 0.25) is 11.6 Å². The SMILES string of the molecule is CC(Nc1ncnc(NNC(=O)c2ccccc2F)c1[N+](=O)[O-])c1ccccc1. The van der Waals surface area contributed by atoms with E-state index in [0.29, 0.717) is 0 Å². The lowest BCUT2D eigenvalue weighted by atomic mass is 10.1. The van der Waals surface area contributed by atoms with Gasteiger partial charge in [-0.1, -0.05) is 42.5 Å². The molecule has 9 nitrogen and oxygen atoms in total. The van der Waals surface area contributed by atoms with Gasteiger partial charge in [-0.05, 0) is 24.6 Å². The quantitative estimate of drug-likeness (QED) is 0.413. The zero-order chi connectivity index (χ0) is 20.8. The number of nitro groups is 1. The van der Waals surface area contributed by atoms with Crippen LogP contribution in [0.15, 0.2) is 60.9 Å². The molecule has 0 saturated carbocycles. The minimum absolute atomic E-state index is 0.0241. The number of carbonyl (C=O) groups is 1. The maximum absolute atomic E-state index is 13.7. The van der Waals surface area contributed by atoms with Crippen molar-refractivity contribution < 1.29 is 14.1 Å². The third kappa shape index (κ3) is 4.61. The van der Waals surface area contributed by atoms with E-state index in [1.807, 2.05) is 37.3 Å². The van der Waals surface area contributed by atoms with Crippen LogP contribution in [0.2, 0.25) is 0 Å². The second kappa shape index (κ2) is 8.74. The highest BCUT2D eigenvalue weighted by molar-refractivity contribution is 5.95. The summed E-state index contributed by atoms with van der Waals surface area (Å²) in [6.07, 6.45) is 1.12. The minimum atomic E-state index is -0.803. The lowest BCUT2D eigenvalue weighted by Crippen LogP contribution is -2.31. The molecule has 3 rings (SSSR count). The summed E-state index contributed by atoms with van der Waals surface area (Å²) >= 11 is 0. The molecule has 1 heterocycles. The van der Waals surface area contributed by atoms with Crippen molar-refractivity contribution in [3.8, 4) is 0 Å². The molecule has 1 unspecified atom stereocenters. The van der Waals surface area contributed by atoms with Crippen LogP contribution in [0.4, 0.5) is 21.7 Å². The molecular formula is C19H17FN6O3. The Morgan fingerprint density at radius 3 is 2.41 bits per heavy atom. The fourth-order valence-electron chi connectivity index (χ4n) is 2.61. The summed E-state index contributed by atoms with van der Waals surface area (Å²) in [6, 6.07) is 14.4. The van der Waals surface area contributed by atoms with Crippen LogP contribution >= 0.6 is 0 Å². The van der Waals surface area contributed by atoms with Gasteiger partial charge in [0.15, 0.2) is 0 Å². The first kappa shape index (κ1) is 19.7. The van der Waals surface area contributed by atoms with E-state index in [9.17, 15) is 19.3 Å². The molecule has 0 radical (unpaired) electrons. The van der Waals surface area contributed by atoms with Crippen LogP contribution in [0.1, 0.15) is 28.9 Å². The molecule has 1 amide bonds. The summed E-state index contributed by atoms with van der Waals surface area (Å²) < 4.78 is 13.7. The minimum Gasteiger partial charge on any atom is -0.358 e. The molecule has 0 bridgehead atoms. The van der Waals surface area contributed by atoms with Gasteiger partial charge in [0, 0.05) is 0 Å². The molecular weight excluding hydrogens is 379 g/mol. The molecule has 148 valence electrons. The van der Waals surface area contributed by atoms with Gasteiger partial charge in [0.1, 0.15) is 12.1 Å². The molecule has 10 heteroatoms. The Morgan fingerprint density at radius 2 is 1.72 bits per heavy atom. The Labute approximate surface area is 165 Å². The number of amides is 1. The van der Waals surface area contributed by atoms with E-state index < -0.39 is 22.3 Å². The largest absolute Gasteiger partial charge is 0.358 e. The first-order valence-corrected chi connectivity index (χ1v) is 8.59. The van der Waals surface area contributed by atoms with Crippen LogP contribution < -0.4 is 16.2 Å². The van der Waals surface area contributed by atoms with Gasteiger partial charge in [-0.2, -0.15) is 0 Å². The van der Waals surface area contributed by atoms with E-state index in [2.05, 4.69) is 26.1 Å². The Morgan fingerprint density at radius 1 is 1.07 bits per heavy atom. The zero-order valence-corrected chi connectivity index (χ0v) is 15.3. The van der Waals surface area contributed by atoms with Crippen molar-refractivity contribution in [2.45, 2.75) is 13.0 Å². The van der Waals surface area contributed by atoms with Crippen LogP contribution in [-0.2, 0) is 0 Å². The van der Waals surface area contributed by atoms with Gasteiger partial charge in [0.25, 0.3) is 5.91 Å². The molecule has 29 heavy (non-hydrogen) atoms. The smallest absolute Gasteiger partial charge is 0.354 e. The van der Waals surface area contributed by atoms with Crippen molar-refractivity contribution in [1.82, 2.24) is 15.4 Å². The van der Waals surface area contributed by atoms with Crippen molar-refractivity contribution in [3.63, 3.8) is 0 Å². The standard InChI is InChI=1S/C19H17FN6O3/c1-12(13-7-3-2-4-8-13)23-17-16(26(28)29)18(22-11-21-17)24-25-19(27)14-9-5-6-10-15(14)20/h2-12H,1H3,(H,25,27)(H2,21,22,23,24). The topological polar surface area (TPSA) is 122 Å². The number of benzene rings is 2. The first-order valence-electron chi connectivity index (χ1n) is 8.59. The average Bonchev–Trinajstić information content (AvgIpc) is 2.72. The average molecular weight is 396 g/mol. The number of nitrogens with one attached hydrogen (secondary N) is 3. The number of aromatic nitrogens is 2. The van der Waals surface area contributed by atoms with Crippen LogP contribution in [0.5, 0.6) is 0 Å². The molecule has 3 aromatic rings. The Kier molecular flexibility index (Phi) is 5.93. The number of hydrogen-bond acceptors (Lipinski definition) is 7. The molecule has 0 saturated heterocycles. The van der Waals surface area contributed by atoms with Gasteiger partial charge in [-0.25, -0.2) is 14.4 Å². The number of carbonyl (C=O) groups excluding carboxylic acids is 1. The number of nitrogens with zero attached hydrogens (tertiary/aromatic N) is 3. The summed E-state index contributed by atoms with van der Waals surface area (Å²) in [6.45, 7) is 1.83. The molecule has 0 aliphatic rings. The fourth-order valence-corrected chi connectivity index (χ4v) is 2.61. The van der Waals surface area contributed by atoms with Crippen molar-refractivity contribution in [3.05, 3.63) is 88.0 Å². The summed E-state index contributed by atoms with van der Waals surface area (Å²) in [7, 11) is 0. The zero-order valence-electron chi connectivity index (χ0n) is 15.3. The van der Waals surface area contributed by atoms with E-state index in [1.54, 1.807) is 0 Å². The van der Waals surface area contributed by atoms with Crippen LogP contribution in [0.25, 0.3) is 0 Å². The second-order valence-electron chi connectivity index (χ2n) is 6.01. The lowest BCUT2D eigenvalue weighted by molar-refractivity contribution is -0.383. The summed E-state index contributed by atoms with van der Waals surface area (Å²) in [5.74, 6) is -1.78. The Bertz CT molecular complexity index is 1030. The maximum atomic E-state index is 13.7. The molecule has 1 aromatic heterocycles. The third-order valence-corrected chi connectivity index (χ3v) is 4.07. The normalized spacial score (nSPS) is 11.4. The van der Waals surface area contributed by atoms with Crippen LogP contribution in [0.3, 0.4) is 0 Å². The summed E-state index contributed by atoms with van der Waals surface area (Å²) in [4.78, 5) is 30.8. The summed E-state index contributed by atoms with van der Waals surface area (Å²) in [5.41, 5.74) is 4.82. The van der Waals surface area contributed by atoms with E-state index in [-0.39, 0.29) is 23.2 Å². The van der Waals surface area contributed by atoms with E-state index in [1.165, 1.54) is 18.2 Å². The van der Waals surface area contributed by atoms with E-state index in [4.69, 9.17) is 0 Å². The number of hydrogen-bond donors (Lipinski definition) is 3. The lowest BCUT2D eigenvalue weighted by Gasteiger charge is -2.16. The Hall–Kier alpha value is -4.08. The molecule has 0 spiro atoms. The van der Waals surface area contributed by atoms with Gasteiger partial charge < -0.3 is 5.32 Å². The van der Waals surface area contributed by atoms with Gasteiger partial charge in [-0.15, -0.1) is 0 Å². The van der Waals surface area contributed by atoms with Gasteiger partial charge >= 0.3 is 5.69 Å². The number of hydrazine groups is 1. The molecule has 1 atom stereocenters. The number of halogens is 1. The number of rotatable bonds is 7. The summed E-state index contributed by atoms with van der Waals surface area (Å²) in [5, 5.41) is 14.6. The van der Waals surface area contributed by atoms with E-state index >= 15 is 0 Å². The molecule has 0 aliphatic heterocycles. The van der Waals surface area contributed by atoms with Crippen LogP contribution in [-0.4, -0.2) is 20.8 Å². The first-order chi connectivity index (χ1) is 14.0. The highest BCUT2D eigenvalue weighted by Crippen LogP contribution is 2.31. The highest BCUT2D eigenvalue weighted by atomic mass is 19.1. The van der Waals surface area contributed by atoms with Crippen molar-refractivity contribution in [1.29, 1.82) is 0 Å². The maximum Gasteiger partial charge on any atom is 0.354 e. The fraction of sp³-hybridized carbons (Fsp3) is 0.105. The molecule has 3 N–H and O–H groups in total. The predicted molar refractivity (Wildman–Crippen MR) is 105 cm³/mol. The predicted octanol–water partition coefficient (Wildman–Crippen LogP) is 3.45. The van der Waals surface area contributed by atoms with Gasteiger partial charge in [-0.3, -0.25) is 25.8 Å². The number of anilines is 2. The van der Waals surface area contributed by atoms with Gasteiger partial charge in [0.05, 0.1) is 16.5 Å². The van der Waals surface area contributed by atoms with Crippen LogP contribution in [0, 0.1) is 15.9 Å². The van der Waals surface area contributed by atoms with Crippen molar-refractivity contribution in [2.75, 3.05) is 10.7 Å². The molecule has 0 fully saturated rings. The molecule has 0 aliphatic carbocycles.